The third kappa shape index (κ3) is 2.31. The van der Waals surface area contributed by atoms with Gasteiger partial charge in [0.1, 0.15) is 0 Å². The van der Waals surface area contributed by atoms with Gasteiger partial charge in [-0.15, -0.1) is 0 Å². The van der Waals surface area contributed by atoms with Gasteiger partial charge in [-0.3, -0.25) is 4.79 Å². The second kappa shape index (κ2) is 5.07. The van der Waals surface area contributed by atoms with Crippen molar-refractivity contribution in [3.8, 4) is 0 Å². The average Bonchev–Trinajstić information content (AvgIpc) is 2.26. The van der Waals surface area contributed by atoms with Crippen LogP contribution in [0.5, 0.6) is 0 Å². The Bertz CT molecular complexity index is 429. The number of carbonyl (C=O) groups excluding carboxylic acids is 1. The van der Waals surface area contributed by atoms with Gasteiger partial charge in [-0.05, 0) is 31.5 Å². The van der Waals surface area contributed by atoms with Crippen molar-refractivity contribution in [1.29, 1.82) is 0 Å². The van der Waals surface area contributed by atoms with E-state index in [1.54, 1.807) is 0 Å². The van der Waals surface area contributed by atoms with Crippen molar-refractivity contribution < 1.29 is 4.79 Å². The molecule has 17 heavy (non-hydrogen) atoms. The summed E-state index contributed by atoms with van der Waals surface area (Å²) >= 11 is 6.05. The summed E-state index contributed by atoms with van der Waals surface area (Å²) in [7, 11) is 0. The lowest BCUT2D eigenvalue weighted by molar-refractivity contribution is 0.0629. The average molecular weight is 253 g/mol. The maximum absolute atomic E-state index is 12.4. The molecule has 1 fully saturated rings. The quantitative estimate of drug-likeness (QED) is 0.894. The minimum atomic E-state index is 0.0824. The molecule has 2 rings (SSSR count). The Kier molecular flexibility index (Phi) is 3.69. The Balaban J connectivity index is 2.25. The van der Waals surface area contributed by atoms with E-state index in [9.17, 15) is 4.79 Å². The van der Waals surface area contributed by atoms with Gasteiger partial charge in [0.15, 0.2) is 0 Å². The molecule has 0 unspecified atom stereocenters. The van der Waals surface area contributed by atoms with Gasteiger partial charge in [-0.2, -0.15) is 0 Å². The maximum atomic E-state index is 12.4. The highest BCUT2D eigenvalue weighted by atomic mass is 35.5. The smallest absolute Gasteiger partial charge is 0.254 e. The number of hydrogen-bond donors (Lipinski definition) is 1. The second-order valence-electron chi connectivity index (χ2n) is 4.32. The highest BCUT2D eigenvalue weighted by Gasteiger charge is 2.28. The minimum Gasteiger partial charge on any atom is -0.333 e. The fourth-order valence-corrected chi connectivity index (χ4v) is 2.23. The summed E-state index contributed by atoms with van der Waals surface area (Å²) in [6.45, 7) is 6.41. The maximum Gasteiger partial charge on any atom is 0.254 e. The minimum absolute atomic E-state index is 0.0824. The van der Waals surface area contributed by atoms with E-state index in [1.165, 1.54) is 0 Å². The molecule has 1 amide bonds. The summed E-state index contributed by atoms with van der Waals surface area (Å²) in [6, 6.07) is 5.81. The van der Waals surface area contributed by atoms with E-state index in [-0.39, 0.29) is 5.91 Å². The van der Waals surface area contributed by atoms with Gasteiger partial charge in [-0.1, -0.05) is 17.7 Å². The molecule has 0 aliphatic carbocycles. The van der Waals surface area contributed by atoms with Crippen LogP contribution >= 0.6 is 11.6 Å². The molecule has 1 aliphatic heterocycles. The van der Waals surface area contributed by atoms with E-state index >= 15 is 0 Å². The van der Waals surface area contributed by atoms with Crippen LogP contribution in [0, 0.1) is 6.92 Å². The molecule has 1 aromatic carbocycles. The summed E-state index contributed by atoms with van der Waals surface area (Å²) < 4.78 is 0. The topological polar surface area (TPSA) is 32.3 Å². The van der Waals surface area contributed by atoms with Gasteiger partial charge in [0, 0.05) is 30.2 Å². The van der Waals surface area contributed by atoms with Gasteiger partial charge >= 0.3 is 0 Å². The van der Waals surface area contributed by atoms with E-state index < -0.39 is 0 Å². The van der Waals surface area contributed by atoms with E-state index in [1.807, 2.05) is 36.9 Å². The lowest BCUT2D eigenvalue weighted by Crippen LogP contribution is -2.58. The van der Waals surface area contributed by atoms with Crippen molar-refractivity contribution >= 4 is 17.5 Å². The van der Waals surface area contributed by atoms with Gasteiger partial charge in [0.2, 0.25) is 0 Å². The normalized spacial score (nSPS) is 15.5. The molecular formula is C13H17ClN2O. The summed E-state index contributed by atoms with van der Waals surface area (Å²) in [5, 5.41) is 3.84. The van der Waals surface area contributed by atoms with Crippen LogP contribution in [-0.4, -0.2) is 36.5 Å². The first kappa shape index (κ1) is 12.4. The monoisotopic (exact) mass is 252 g/mol. The molecule has 0 saturated carbocycles. The Morgan fingerprint density at radius 2 is 2.24 bits per heavy atom. The first-order valence-electron chi connectivity index (χ1n) is 5.92. The molecule has 1 N–H and O–H groups in total. The van der Waals surface area contributed by atoms with Crippen LogP contribution < -0.4 is 5.32 Å². The first-order valence-corrected chi connectivity index (χ1v) is 6.29. The molecule has 0 bridgehead atoms. The van der Waals surface area contributed by atoms with Crippen LogP contribution in [-0.2, 0) is 0 Å². The number of nitrogens with one attached hydrogen (secondary N) is 1. The number of likely N-dealkylation sites (N-methyl/N-ethyl adjacent to an activating group) is 1. The molecule has 0 radical (unpaired) electrons. The second-order valence-corrected chi connectivity index (χ2v) is 4.72. The number of benzene rings is 1. The van der Waals surface area contributed by atoms with Crippen LogP contribution in [0.15, 0.2) is 18.2 Å². The predicted octanol–water partition coefficient (Wildman–Crippen LogP) is 2.08. The van der Waals surface area contributed by atoms with Crippen LogP contribution in [0.25, 0.3) is 0 Å². The van der Waals surface area contributed by atoms with E-state index in [0.717, 1.165) is 25.2 Å². The summed E-state index contributed by atoms with van der Waals surface area (Å²) in [5.74, 6) is 0.0824. The third-order valence-corrected chi connectivity index (χ3v) is 3.71. The Morgan fingerprint density at radius 1 is 1.53 bits per heavy atom. The number of amides is 1. The Hall–Kier alpha value is -1.06. The fourth-order valence-electron chi connectivity index (χ4n) is 2.06. The number of halogens is 1. The lowest BCUT2D eigenvalue weighted by Gasteiger charge is -2.38. The molecule has 1 saturated heterocycles. The zero-order valence-corrected chi connectivity index (χ0v) is 10.9. The van der Waals surface area contributed by atoms with Crippen LogP contribution in [0.4, 0.5) is 0 Å². The fraction of sp³-hybridized carbons (Fsp3) is 0.462. The highest BCUT2D eigenvalue weighted by molar-refractivity contribution is 6.31. The SMILES string of the molecule is CCN(C(=O)c1cccc(Cl)c1C)C1CNC1. The van der Waals surface area contributed by atoms with Crippen molar-refractivity contribution in [3.05, 3.63) is 34.3 Å². The molecule has 0 atom stereocenters. The largest absolute Gasteiger partial charge is 0.333 e. The van der Waals surface area contributed by atoms with Crippen molar-refractivity contribution in [2.24, 2.45) is 0 Å². The van der Waals surface area contributed by atoms with Gasteiger partial charge in [0.25, 0.3) is 5.91 Å². The van der Waals surface area contributed by atoms with E-state index in [2.05, 4.69) is 5.32 Å². The number of nitrogens with zero attached hydrogens (tertiary/aromatic N) is 1. The molecule has 1 aliphatic rings. The molecule has 0 spiro atoms. The summed E-state index contributed by atoms with van der Waals surface area (Å²) in [4.78, 5) is 14.3. The number of rotatable bonds is 3. The van der Waals surface area contributed by atoms with Crippen LogP contribution in [0.3, 0.4) is 0 Å². The summed E-state index contributed by atoms with van der Waals surface area (Å²) in [6.07, 6.45) is 0. The number of carbonyl (C=O) groups is 1. The van der Waals surface area contributed by atoms with Crippen molar-refractivity contribution in [2.75, 3.05) is 19.6 Å². The summed E-state index contributed by atoms with van der Waals surface area (Å²) in [5.41, 5.74) is 1.58. The van der Waals surface area contributed by atoms with Crippen LogP contribution in [0.1, 0.15) is 22.8 Å². The third-order valence-electron chi connectivity index (χ3n) is 3.30. The van der Waals surface area contributed by atoms with Crippen molar-refractivity contribution in [3.63, 3.8) is 0 Å². The number of hydrogen-bond acceptors (Lipinski definition) is 2. The molecule has 92 valence electrons. The van der Waals surface area contributed by atoms with Crippen molar-refractivity contribution in [2.45, 2.75) is 19.9 Å². The molecular weight excluding hydrogens is 236 g/mol. The van der Waals surface area contributed by atoms with E-state index in [0.29, 0.717) is 16.6 Å². The molecule has 1 heterocycles. The standard InChI is InChI=1S/C13H17ClN2O/c1-3-16(10-7-15-8-10)13(17)11-5-4-6-12(14)9(11)2/h4-6,10,15H,3,7-8H2,1-2H3. The van der Waals surface area contributed by atoms with Gasteiger partial charge in [0.05, 0.1) is 6.04 Å². The first-order chi connectivity index (χ1) is 8.15. The van der Waals surface area contributed by atoms with Crippen molar-refractivity contribution in [1.82, 2.24) is 10.2 Å². The van der Waals surface area contributed by atoms with Crippen LogP contribution in [0.2, 0.25) is 5.02 Å². The zero-order valence-electron chi connectivity index (χ0n) is 10.2. The Morgan fingerprint density at radius 3 is 2.76 bits per heavy atom. The predicted molar refractivity (Wildman–Crippen MR) is 69.6 cm³/mol. The van der Waals surface area contributed by atoms with Gasteiger partial charge in [-0.25, -0.2) is 0 Å². The zero-order chi connectivity index (χ0) is 12.4. The molecule has 1 aromatic rings. The molecule has 3 nitrogen and oxygen atoms in total. The van der Waals surface area contributed by atoms with E-state index in [4.69, 9.17) is 11.6 Å². The molecule has 4 heteroatoms. The molecule has 0 aromatic heterocycles. The Labute approximate surface area is 107 Å². The lowest BCUT2D eigenvalue weighted by atomic mass is 10.0. The highest BCUT2D eigenvalue weighted by Crippen LogP contribution is 2.21. The van der Waals surface area contributed by atoms with Gasteiger partial charge < -0.3 is 10.2 Å².